The number of hydrogen-bond acceptors (Lipinski definition) is 2. The molecule has 0 aromatic heterocycles. The third kappa shape index (κ3) is 3.74. The van der Waals surface area contributed by atoms with Gasteiger partial charge >= 0.3 is 0 Å². The van der Waals surface area contributed by atoms with Gasteiger partial charge in [0.1, 0.15) is 17.4 Å². The maximum absolute atomic E-state index is 12.9. The molecule has 0 saturated carbocycles. The van der Waals surface area contributed by atoms with Crippen LogP contribution < -0.4 is 4.25 Å². The van der Waals surface area contributed by atoms with E-state index < -0.39 is 8.61 Å². The molecule has 0 amide bonds. The van der Waals surface area contributed by atoms with Gasteiger partial charge in [-0.25, -0.2) is 4.25 Å². The Morgan fingerprint density at radius 2 is 1.40 bits per heavy atom. The van der Waals surface area contributed by atoms with Crippen molar-refractivity contribution in [1.82, 2.24) is 9.15 Å². The van der Waals surface area contributed by atoms with Crippen LogP contribution in [0.5, 0.6) is 0 Å². The number of benzene rings is 2. The Hall–Kier alpha value is -1.41. The number of likely N-dealkylation sites (tertiary alicyclic amines) is 1. The Kier molecular flexibility index (Phi) is 6.11. The molecule has 0 aliphatic carbocycles. The molecule has 0 bridgehead atoms. The van der Waals surface area contributed by atoms with E-state index in [1.165, 1.54) is 25.9 Å². The van der Waals surface area contributed by atoms with Crippen LogP contribution in [-0.2, 0) is 4.57 Å². The van der Waals surface area contributed by atoms with Crippen LogP contribution in [-0.4, -0.2) is 30.6 Å². The summed E-state index contributed by atoms with van der Waals surface area (Å²) in [6.45, 7) is 7.88. The van der Waals surface area contributed by atoms with E-state index in [1.807, 2.05) is 12.1 Å². The molecule has 1 saturated heterocycles. The van der Waals surface area contributed by atoms with Gasteiger partial charge in [0.05, 0.1) is 6.54 Å². The van der Waals surface area contributed by atoms with E-state index in [2.05, 4.69) is 67.3 Å². The van der Waals surface area contributed by atoms with Crippen molar-refractivity contribution in [2.75, 3.05) is 19.6 Å². The Morgan fingerprint density at radius 3 is 1.80 bits per heavy atom. The fraction of sp³-hybridized carbons (Fsp3) is 0.429. The van der Waals surface area contributed by atoms with Crippen LogP contribution >= 0.6 is 8.61 Å². The molecule has 2 aromatic rings. The van der Waals surface area contributed by atoms with Crippen molar-refractivity contribution in [3.8, 4) is 0 Å². The van der Waals surface area contributed by atoms with E-state index in [-0.39, 0.29) is 6.04 Å². The predicted octanol–water partition coefficient (Wildman–Crippen LogP) is 5.12. The number of rotatable bonds is 7. The monoisotopic (exact) mass is 357 g/mol. The molecule has 1 aliphatic rings. The number of para-hydroxylation sites is 2. The van der Waals surface area contributed by atoms with Gasteiger partial charge in [-0.2, -0.15) is 0 Å². The summed E-state index contributed by atoms with van der Waals surface area (Å²) >= 11 is 0. The topological polar surface area (TPSA) is 20.3 Å². The molecule has 2 aromatic carbocycles. The molecule has 4 heteroatoms. The van der Waals surface area contributed by atoms with Crippen LogP contribution in [0.1, 0.15) is 26.7 Å². The van der Waals surface area contributed by atoms with E-state index >= 15 is 0 Å². The quantitative estimate of drug-likeness (QED) is 0.641. The van der Waals surface area contributed by atoms with Crippen LogP contribution in [0.4, 0.5) is 11.4 Å². The summed E-state index contributed by atoms with van der Waals surface area (Å²) in [6, 6.07) is 21.1. The van der Waals surface area contributed by atoms with Crippen LogP contribution in [0, 0.1) is 5.92 Å². The lowest BCUT2D eigenvalue weighted by Gasteiger charge is -2.43. The summed E-state index contributed by atoms with van der Waals surface area (Å²) in [7, 11) is -1.06. The Bertz CT molecular complexity index is 629. The zero-order valence-electron chi connectivity index (χ0n) is 15.3. The second-order valence-corrected chi connectivity index (χ2v) is 8.40. The molecule has 3 nitrogen and oxygen atoms in total. The van der Waals surface area contributed by atoms with Crippen molar-refractivity contribution in [3.63, 3.8) is 0 Å². The summed E-state index contributed by atoms with van der Waals surface area (Å²) in [5.74, 6) is 0.433. The highest BCUT2D eigenvalue weighted by Crippen LogP contribution is 2.46. The maximum Gasteiger partial charge on any atom is 0.236 e. The second-order valence-electron chi connectivity index (χ2n) is 7.37. The Morgan fingerprint density at radius 1 is 0.920 bits per heavy atom. The van der Waals surface area contributed by atoms with E-state index in [4.69, 9.17) is 0 Å². The fourth-order valence-electron chi connectivity index (χ4n) is 4.12. The van der Waals surface area contributed by atoms with Crippen LogP contribution in [0.25, 0.3) is 0 Å². The smallest absolute Gasteiger partial charge is 0.236 e. The van der Waals surface area contributed by atoms with E-state index in [0.717, 1.165) is 17.9 Å². The van der Waals surface area contributed by atoms with Crippen molar-refractivity contribution >= 4 is 20.0 Å². The molecular weight excluding hydrogens is 327 g/mol. The predicted molar refractivity (Wildman–Crippen MR) is 109 cm³/mol. The zero-order chi connectivity index (χ0) is 17.7. The first-order chi connectivity index (χ1) is 12.2. The average molecular weight is 357 g/mol. The highest BCUT2D eigenvalue weighted by molar-refractivity contribution is 7.24. The number of hydrogen-bond donors (Lipinski definition) is 0. The van der Waals surface area contributed by atoms with Crippen molar-refractivity contribution in [2.45, 2.75) is 32.7 Å². The third-order valence-electron chi connectivity index (χ3n) is 5.47. The van der Waals surface area contributed by atoms with Gasteiger partial charge in [-0.05, 0) is 50.2 Å². The van der Waals surface area contributed by atoms with Crippen LogP contribution in [0.15, 0.2) is 60.7 Å². The molecule has 1 unspecified atom stereocenters. The fourth-order valence-corrected chi connectivity index (χ4v) is 5.30. The Balaban J connectivity index is 2.12. The first-order valence-corrected chi connectivity index (χ1v) is 10.4. The summed E-state index contributed by atoms with van der Waals surface area (Å²) in [5, 5.41) is 0. The van der Waals surface area contributed by atoms with E-state index in [1.54, 1.807) is 0 Å². The van der Waals surface area contributed by atoms with Crippen molar-refractivity contribution in [1.29, 1.82) is 0 Å². The van der Waals surface area contributed by atoms with Gasteiger partial charge in [0, 0.05) is 5.92 Å². The lowest BCUT2D eigenvalue weighted by Crippen LogP contribution is -2.53. The van der Waals surface area contributed by atoms with Crippen molar-refractivity contribution in [2.24, 2.45) is 5.92 Å². The summed E-state index contributed by atoms with van der Waals surface area (Å²) in [6.07, 6.45) is 2.57. The highest BCUT2D eigenvalue weighted by Gasteiger charge is 2.43. The lowest BCUT2D eigenvalue weighted by molar-refractivity contribution is 0.224. The first kappa shape index (κ1) is 18.4. The van der Waals surface area contributed by atoms with Gasteiger partial charge in [-0.15, -0.1) is 0 Å². The SMILES string of the molecule is CC(C)[C@@H](CN1CCCC1)[N+]([PH2]=O)(c1ccccc1)c1ccccc1. The summed E-state index contributed by atoms with van der Waals surface area (Å²) in [5.41, 5.74) is 2.27. The minimum atomic E-state index is -1.06. The standard InChI is InChI=1S/C21H30N2OP/c1-18(2)21(17-22-15-9-10-16-22)23(25-24,19-11-5-3-6-12-19)20-13-7-4-8-14-20/h3-8,11-14,18,21H,9-10,15-17,25H2,1-2H3/q+1/t21-/m1/s1. The number of nitrogens with zero attached hydrogens (tertiary/aromatic N) is 2. The molecule has 2 atom stereocenters. The van der Waals surface area contributed by atoms with Crippen molar-refractivity contribution in [3.05, 3.63) is 60.7 Å². The minimum absolute atomic E-state index is 0.274. The van der Waals surface area contributed by atoms with E-state index in [0.29, 0.717) is 10.2 Å². The lowest BCUT2D eigenvalue weighted by atomic mass is 9.99. The Labute approximate surface area is 153 Å². The first-order valence-electron chi connectivity index (χ1n) is 9.37. The summed E-state index contributed by atoms with van der Waals surface area (Å²) in [4.78, 5) is 2.55. The van der Waals surface area contributed by atoms with E-state index in [9.17, 15) is 4.57 Å². The van der Waals surface area contributed by atoms with Gasteiger partial charge in [0.2, 0.25) is 8.61 Å². The van der Waals surface area contributed by atoms with Gasteiger partial charge in [0.25, 0.3) is 0 Å². The normalized spacial score (nSPS) is 17.6. The summed E-state index contributed by atoms with van der Waals surface area (Å²) < 4.78 is 13.4. The van der Waals surface area contributed by atoms with Crippen molar-refractivity contribution < 1.29 is 4.57 Å². The molecule has 0 radical (unpaired) electrons. The van der Waals surface area contributed by atoms with Gasteiger partial charge < -0.3 is 0 Å². The minimum Gasteiger partial charge on any atom is -0.298 e. The zero-order valence-corrected chi connectivity index (χ0v) is 16.5. The molecule has 1 aliphatic heterocycles. The van der Waals surface area contributed by atoms with Gasteiger partial charge in [-0.3, -0.25) is 9.46 Å². The molecule has 1 fully saturated rings. The van der Waals surface area contributed by atoms with Crippen LogP contribution in [0.3, 0.4) is 0 Å². The second kappa shape index (κ2) is 8.31. The highest BCUT2D eigenvalue weighted by atomic mass is 31.1. The number of quaternary nitrogens is 1. The molecule has 0 spiro atoms. The average Bonchev–Trinajstić information content (AvgIpc) is 3.17. The third-order valence-corrected chi connectivity index (χ3v) is 6.78. The molecule has 134 valence electrons. The van der Waals surface area contributed by atoms with Gasteiger partial charge in [0.15, 0.2) is 0 Å². The molecule has 25 heavy (non-hydrogen) atoms. The molecular formula is C21H30N2OP+. The molecule has 3 rings (SSSR count). The van der Waals surface area contributed by atoms with Crippen LogP contribution in [0.2, 0.25) is 0 Å². The maximum atomic E-state index is 12.9. The largest absolute Gasteiger partial charge is 0.298 e. The molecule has 1 heterocycles. The molecule has 0 N–H and O–H groups in total. The van der Waals surface area contributed by atoms with Gasteiger partial charge in [-0.1, -0.05) is 50.2 Å².